The van der Waals surface area contributed by atoms with Crippen molar-refractivity contribution in [3.05, 3.63) is 42.5 Å². The zero-order valence-corrected chi connectivity index (χ0v) is 11.1. The fraction of sp³-hybridized carbons (Fsp3) is 0.286. The second-order valence-electron chi connectivity index (χ2n) is 4.66. The summed E-state index contributed by atoms with van der Waals surface area (Å²) in [6.07, 6.45) is 3.42. The highest BCUT2D eigenvalue weighted by molar-refractivity contribution is 5.92. The molecular weight excluding hydrogens is 240 g/mol. The molecule has 1 aromatic carbocycles. The molecule has 0 saturated heterocycles. The van der Waals surface area contributed by atoms with Gasteiger partial charge < -0.3 is 15.6 Å². The van der Waals surface area contributed by atoms with Crippen molar-refractivity contribution in [1.82, 2.24) is 9.97 Å². The van der Waals surface area contributed by atoms with Gasteiger partial charge in [-0.15, -0.1) is 0 Å². The maximum Gasteiger partial charge on any atom is 0.226 e. The van der Waals surface area contributed by atoms with Crippen LogP contribution in [-0.2, 0) is 11.3 Å². The van der Waals surface area contributed by atoms with Crippen LogP contribution in [0.4, 0.5) is 11.4 Å². The Morgan fingerprint density at radius 1 is 1.37 bits per heavy atom. The Hall–Kier alpha value is -2.30. The van der Waals surface area contributed by atoms with Crippen molar-refractivity contribution >= 4 is 17.3 Å². The van der Waals surface area contributed by atoms with Gasteiger partial charge in [-0.3, -0.25) is 4.79 Å². The molecule has 0 aliphatic heterocycles. The molecule has 0 radical (unpaired) electrons. The normalized spacial score (nSPS) is 10.5. The van der Waals surface area contributed by atoms with Gasteiger partial charge in [-0.1, -0.05) is 19.9 Å². The van der Waals surface area contributed by atoms with E-state index in [-0.39, 0.29) is 11.8 Å². The molecule has 1 aromatic heterocycles. The second kappa shape index (κ2) is 6.04. The molecule has 19 heavy (non-hydrogen) atoms. The van der Waals surface area contributed by atoms with Gasteiger partial charge in [0.15, 0.2) is 0 Å². The van der Waals surface area contributed by atoms with Gasteiger partial charge in [-0.2, -0.15) is 0 Å². The van der Waals surface area contributed by atoms with Crippen molar-refractivity contribution in [2.45, 2.75) is 20.4 Å². The molecule has 0 aliphatic rings. The van der Waals surface area contributed by atoms with Crippen LogP contribution in [0.5, 0.6) is 0 Å². The van der Waals surface area contributed by atoms with Crippen LogP contribution in [0, 0.1) is 5.92 Å². The lowest BCUT2D eigenvalue weighted by atomic mass is 10.2. The van der Waals surface area contributed by atoms with E-state index >= 15 is 0 Å². The third-order valence-electron chi connectivity index (χ3n) is 2.69. The van der Waals surface area contributed by atoms with Crippen molar-refractivity contribution in [1.29, 1.82) is 0 Å². The number of aromatic amines is 1. The maximum atomic E-state index is 11.6. The van der Waals surface area contributed by atoms with Gasteiger partial charge in [0.1, 0.15) is 0 Å². The topological polar surface area (TPSA) is 69.8 Å². The zero-order valence-electron chi connectivity index (χ0n) is 11.1. The van der Waals surface area contributed by atoms with E-state index in [1.807, 2.05) is 38.1 Å². The summed E-state index contributed by atoms with van der Waals surface area (Å²) in [5.74, 6) is -0.00711. The van der Waals surface area contributed by atoms with E-state index in [0.717, 1.165) is 17.1 Å². The number of aromatic nitrogens is 2. The summed E-state index contributed by atoms with van der Waals surface area (Å²) in [7, 11) is 0. The van der Waals surface area contributed by atoms with E-state index in [9.17, 15) is 4.79 Å². The number of imidazole rings is 1. The number of carbonyl (C=O) groups is 1. The third kappa shape index (κ3) is 3.84. The molecule has 0 aliphatic carbocycles. The maximum absolute atomic E-state index is 11.6. The summed E-state index contributed by atoms with van der Waals surface area (Å²) < 4.78 is 0. The van der Waals surface area contributed by atoms with E-state index in [1.165, 1.54) is 0 Å². The van der Waals surface area contributed by atoms with Crippen LogP contribution in [0.1, 0.15) is 19.5 Å². The van der Waals surface area contributed by atoms with E-state index in [1.54, 1.807) is 12.5 Å². The average molecular weight is 258 g/mol. The Bertz CT molecular complexity index is 534. The Morgan fingerprint density at radius 2 is 2.16 bits per heavy atom. The molecule has 0 spiro atoms. The van der Waals surface area contributed by atoms with E-state index < -0.39 is 0 Å². The van der Waals surface area contributed by atoms with Gasteiger partial charge >= 0.3 is 0 Å². The molecule has 0 saturated carbocycles. The Morgan fingerprint density at radius 3 is 2.84 bits per heavy atom. The first-order chi connectivity index (χ1) is 9.15. The quantitative estimate of drug-likeness (QED) is 0.772. The van der Waals surface area contributed by atoms with Crippen molar-refractivity contribution in [2.75, 3.05) is 10.6 Å². The smallest absolute Gasteiger partial charge is 0.226 e. The average Bonchev–Trinajstić information content (AvgIpc) is 2.90. The number of nitrogens with zero attached hydrogens (tertiary/aromatic N) is 1. The number of benzene rings is 1. The second-order valence-corrected chi connectivity index (χ2v) is 4.66. The molecule has 0 atom stereocenters. The molecule has 0 bridgehead atoms. The number of nitrogens with one attached hydrogen (secondary N) is 3. The lowest BCUT2D eigenvalue weighted by Crippen LogP contribution is -2.17. The highest BCUT2D eigenvalue weighted by Gasteiger charge is 2.07. The first kappa shape index (κ1) is 13.1. The molecular formula is C14H18N4O. The van der Waals surface area contributed by atoms with Crippen LogP contribution >= 0.6 is 0 Å². The van der Waals surface area contributed by atoms with Crippen molar-refractivity contribution in [2.24, 2.45) is 5.92 Å². The summed E-state index contributed by atoms with van der Waals surface area (Å²) in [6.45, 7) is 4.41. The minimum atomic E-state index is -0.0263. The highest BCUT2D eigenvalue weighted by atomic mass is 16.1. The molecule has 2 rings (SSSR count). The largest absolute Gasteiger partial charge is 0.379 e. The molecule has 3 N–H and O–H groups in total. The summed E-state index contributed by atoms with van der Waals surface area (Å²) in [4.78, 5) is 18.6. The van der Waals surface area contributed by atoms with E-state index in [0.29, 0.717) is 6.54 Å². The van der Waals surface area contributed by atoms with Crippen molar-refractivity contribution in [3.8, 4) is 0 Å². The van der Waals surface area contributed by atoms with Crippen LogP contribution < -0.4 is 10.6 Å². The lowest BCUT2D eigenvalue weighted by molar-refractivity contribution is -0.118. The molecule has 2 aromatic rings. The summed E-state index contributed by atoms with van der Waals surface area (Å²) in [5, 5.41) is 6.14. The zero-order chi connectivity index (χ0) is 13.7. The van der Waals surface area contributed by atoms with E-state index in [4.69, 9.17) is 0 Å². The Balaban J connectivity index is 1.97. The van der Waals surface area contributed by atoms with Crippen LogP contribution in [0.25, 0.3) is 0 Å². The number of carbonyl (C=O) groups excluding carboxylic acids is 1. The fourth-order valence-electron chi connectivity index (χ4n) is 1.57. The van der Waals surface area contributed by atoms with E-state index in [2.05, 4.69) is 20.6 Å². The lowest BCUT2D eigenvalue weighted by Gasteiger charge is -2.10. The van der Waals surface area contributed by atoms with Gasteiger partial charge in [0.05, 0.1) is 18.6 Å². The van der Waals surface area contributed by atoms with Crippen LogP contribution in [-0.4, -0.2) is 15.9 Å². The van der Waals surface area contributed by atoms with Gasteiger partial charge in [-0.05, 0) is 18.2 Å². The number of H-pyrrole nitrogens is 1. The predicted molar refractivity (Wildman–Crippen MR) is 75.8 cm³/mol. The van der Waals surface area contributed by atoms with Crippen LogP contribution in [0.15, 0.2) is 36.8 Å². The van der Waals surface area contributed by atoms with Gasteiger partial charge in [-0.25, -0.2) is 4.98 Å². The summed E-state index contributed by atoms with van der Waals surface area (Å²) in [5.41, 5.74) is 2.76. The first-order valence-corrected chi connectivity index (χ1v) is 6.27. The fourth-order valence-corrected chi connectivity index (χ4v) is 1.57. The number of anilines is 2. The third-order valence-corrected chi connectivity index (χ3v) is 2.69. The minimum absolute atomic E-state index is 0.0192. The molecule has 100 valence electrons. The Labute approximate surface area is 112 Å². The predicted octanol–water partition coefficient (Wildman–Crippen LogP) is 2.62. The van der Waals surface area contributed by atoms with Crippen LogP contribution in [0.3, 0.4) is 0 Å². The van der Waals surface area contributed by atoms with Gasteiger partial charge in [0.25, 0.3) is 0 Å². The number of hydrogen-bond donors (Lipinski definition) is 3. The van der Waals surface area contributed by atoms with Crippen LogP contribution in [0.2, 0.25) is 0 Å². The standard InChI is InChI=1S/C14H18N4O/c1-10(2)14(19)18-12-5-3-4-11(6-12)16-8-13-7-15-9-17-13/h3-7,9-10,16H,8H2,1-2H3,(H,15,17)(H,18,19). The first-order valence-electron chi connectivity index (χ1n) is 6.27. The molecule has 1 heterocycles. The monoisotopic (exact) mass is 258 g/mol. The number of amides is 1. The van der Waals surface area contributed by atoms with Crippen molar-refractivity contribution in [3.63, 3.8) is 0 Å². The SMILES string of the molecule is CC(C)C(=O)Nc1cccc(NCc2cnc[nH]2)c1. The van der Waals surface area contributed by atoms with Gasteiger partial charge in [0.2, 0.25) is 5.91 Å². The molecule has 0 fully saturated rings. The summed E-state index contributed by atoms with van der Waals surface area (Å²) >= 11 is 0. The van der Waals surface area contributed by atoms with Crippen molar-refractivity contribution < 1.29 is 4.79 Å². The molecule has 5 heteroatoms. The highest BCUT2D eigenvalue weighted by Crippen LogP contribution is 2.16. The number of rotatable bonds is 5. The Kier molecular flexibility index (Phi) is 4.18. The molecule has 5 nitrogen and oxygen atoms in total. The van der Waals surface area contributed by atoms with Gasteiger partial charge in [0, 0.05) is 23.5 Å². The minimum Gasteiger partial charge on any atom is -0.379 e. The number of hydrogen-bond acceptors (Lipinski definition) is 3. The summed E-state index contributed by atoms with van der Waals surface area (Å²) in [6, 6.07) is 7.66. The molecule has 0 unspecified atom stereocenters. The molecule has 1 amide bonds.